The van der Waals surface area contributed by atoms with Crippen LogP contribution in [0.1, 0.15) is 35.6 Å². The maximum absolute atomic E-state index is 13.7. The highest BCUT2D eigenvalue weighted by molar-refractivity contribution is 6.08. The van der Waals surface area contributed by atoms with E-state index in [0.29, 0.717) is 29.9 Å². The summed E-state index contributed by atoms with van der Waals surface area (Å²) in [5.41, 5.74) is 3.46. The first-order valence-electron chi connectivity index (χ1n) is 15.5. The quantitative estimate of drug-likeness (QED) is 0.194. The average Bonchev–Trinajstić information content (AvgIpc) is 3.56. The number of nitrogens with one attached hydrogen (secondary N) is 2. The molecule has 0 radical (unpaired) electrons. The molecule has 46 heavy (non-hydrogen) atoms. The van der Waals surface area contributed by atoms with Crippen LogP contribution in [0.4, 0.5) is 11.4 Å². The van der Waals surface area contributed by atoms with Crippen molar-refractivity contribution in [3.63, 3.8) is 0 Å². The van der Waals surface area contributed by atoms with Crippen molar-refractivity contribution in [2.75, 3.05) is 23.4 Å². The van der Waals surface area contributed by atoms with Gasteiger partial charge in [-0.3, -0.25) is 14.4 Å². The molecule has 236 valence electrons. The van der Waals surface area contributed by atoms with E-state index in [2.05, 4.69) is 16.9 Å². The van der Waals surface area contributed by atoms with Crippen molar-refractivity contribution < 1.29 is 24.6 Å². The molecular weight excluding hydrogens is 580 g/mol. The van der Waals surface area contributed by atoms with Crippen molar-refractivity contribution in [2.45, 2.75) is 44.4 Å². The van der Waals surface area contributed by atoms with Gasteiger partial charge >= 0.3 is 0 Å². The van der Waals surface area contributed by atoms with Gasteiger partial charge in [-0.1, -0.05) is 67.6 Å². The average molecular weight is 619 g/mol. The van der Waals surface area contributed by atoms with Gasteiger partial charge in [0.15, 0.2) is 5.60 Å². The number of carbonyl (C=O) groups is 3. The third-order valence-electron chi connectivity index (χ3n) is 9.15. The number of amides is 3. The normalized spacial score (nSPS) is 19.7. The molecule has 0 saturated carbocycles. The molecule has 4 N–H and O–H groups in total. The van der Waals surface area contributed by atoms with Gasteiger partial charge in [0, 0.05) is 53.8 Å². The fourth-order valence-electron chi connectivity index (χ4n) is 6.66. The number of anilines is 2. The predicted molar refractivity (Wildman–Crippen MR) is 178 cm³/mol. The highest BCUT2D eigenvalue weighted by Crippen LogP contribution is 2.46. The van der Waals surface area contributed by atoms with Gasteiger partial charge in [0.2, 0.25) is 11.8 Å². The second-order valence-corrected chi connectivity index (χ2v) is 12.0. The van der Waals surface area contributed by atoms with E-state index in [1.54, 1.807) is 48.3 Å². The molecule has 0 aliphatic carbocycles. The molecule has 0 fully saturated rings. The number of benzene rings is 3. The summed E-state index contributed by atoms with van der Waals surface area (Å²) in [6, 6.07) is 20.5. The molecule has 0 unspecified atom stereocenters. The second-order valence-electron chi connectivity index (χ2n) is 12.0. The topological polar surface area (TPSA) is 126 Å². The first kappa shape index (κ1) is 31.0. The van der Waals surface area contributed by atoms with Crippen LogP contribution in [-0.4, -0.2) is 57.0 Å². The molecule has 3 heterocycles. The lowest BCUT2D eigenvalue weighted by Crippen LogP contribution is -2.46. The SMILES string of the molecule is C=CCN1C(=O)[C@@](O)([C@@H](C)/C=C/CC(=O)N2Cc3ccccc3C[C@H]2CO)c2cc(NC(=O)Cc3c[nH]c4ccccc34)ccc21. The van der Waals surface area contributed by atoms with Gasteiger partial charge in [-0.15, -0.1) is 6.58 Å². The molecule has 2 aliphatic heterocycles. The van der Waals surface area contributed by atoms with Gasteiger partial charge in [-0.25, -0.2) is 0 Å². The number of para-hydroxylation sites is 1. The van der Waals surface area contributed by atoms with Gasteiger partial charge in [0.1, 0.15) is 0 Å². The highest BCUT2D eigenvalue weighted by Gasteiger charge is 2.52. The van der Waals surface area contributed by atoms with E-state index >= 15 is 0 Å². The number of rotatable bonds is 10. The maximum atomic E-state index is 13.7. The number of aliphatic hydroxyl groups excluding tert-OH is 1. The zero-order chi connectivity index (χ0) is 32.4. The molecular formula is C37H38N4O5. The zero-order valence-electron chi connectivity index (χ0n) is 25.8. The third kappa shape index (κ3) is 5.63. The zero-order valence-corrected chi connectivity index (χ0v) is 25.8. The summed E-state index contributed by atoms with van der Waals surface area (Å²) in [5.74, 6) is -1.57. The van der Waals surface area contributed by atoms with Crippen molar-refractivity contribution in [3.05, 3.63) is 120 Å². The van der Waals surface area contributed by atoms with Crippen LogP contribution < -0.4 is 10.2 Å². The Morgan fingerprint density at radius 3 is 2.67 bits per heavy atom. The van der Waals surface area contributed by atoms with Gasteiger partial charge in [0.25, 0.3) is 5.91 Å². The van der Waals surface area contributed by atoms with Crippen molar-refractivity contribution in [1.29, 1.82) is 0 Å². The van der Waals surface area contributed by atoms with E-state index in [1.807, 2.05) is 54.7 Å². The lowest BCUT2D eigenvalue weighted by atomic mass is 9.82. The van der Waals surface area contributed by atoms with Crippen LogP contribution in [0, 0.1) is 5.92 Å². The van der Waals surface area contributed by atoms with Gasteiger partial charge in [-0.2, -0.15) is 0 Å². The summed E-state index contributed by atoms with van der Waals surface area (Å²) in [6.07, 6.45) is 7.58. The summed E-state index contributed by atoms with van der Waals surface area (Å²) in [6.45, 7) is 5.99. The van der Waals surface area contributed by atoms with Crippen molar-refractivity contribution in [1.82, 2.24) is 9.88 Å². The summed E-state index contributed by atoms with van der Waals surface area (Å²) in [7, 11) is 0. The lowest BCUT2D eigenvalue weighted by molar-refractivity contribution is -0.139. The van der Waals surface area contributed by atoms with E-state index in [0.717, 1.165) is 27.6 Å². The molecule has 6 rings (SSSR count). The fourth-order valence-corrected chi connectivity index (χ4v) is 6.66. The highest BCUT2D eigenvalue weighted by atomic mass is 16.3. The van der Waals surface area contributed by atoms with Crippen molar-refractivity contribution in [3.8, 4) is 0 Å². The third-order valence-corrected chi connectivity index (χ3v) is 9.15. The number of nitrogens with zero attached hydrogens (tertiary/aromatic N) is 2. The monoisotopic (exact) mass is 618 g/mol. The van der Waals surface area contributed by atoms with Crippen LogP contribution in [0.15, 0.2) is 97.7 Å². The summed E-state index contributed by atoms with van der Waals surface area (Å²) < 4.78 is 0. The first-order valence-corrected chi connectivity index (χ1v) is 15.5. The second kappa shape index (κ2) is 12.8. The van der Waals surface area contributed by atoms with Gasteiger partial charge in [0.05, 0.1) is 24.8 Å². The lowest BCUT2D eigenvalue weighted by Gasteiger charge is -2.36. The number of carbonyl (C=O) groups excluding carboxylic acids is 3. The maximum Gasteiger partial charge on any atom is 0.264 e. The Hall–Kier alpha value is -4.99. The smallest absolute Gasteiger partial charge is 0.264 e. The first-order chi connectivity index (χ1) is 22.2. The standard InChI is InChI=1S/C37H38N4O5/c1-3-17-40-33-16-15-28(39-34(43)19-27-21-38-32-13-7-6-12-30(27)32)20-31(33)37(46,36(40)45)24(2)9-8-14-35(44)41-22-26-11-5-4-10-25(26)18-29(41)23-42/h3-13,15-16,20-21,24,29,38,42,46H,1,14,17-19,22-23H2,2H3,(H,39,43)/b9-8+/t24-,29-,37+/m0/s1. The van der Waals surface area contributed by atoms with Crippen LogP contribution in [0.3, 0.4) is 0 Å². The molecule has 3 amide bonds. The molecule has 1 aromatic heterocycles. The van der Waals surface area contributed by atoms with E-state index in [4.69, 9.17) is 0 Å². The number of aliphatic hydroxyl groups is 2. The van der Waals surface area contributed by atoms with Crippen molar-refractivity contribution >= 4 is 40.0 Å². The molecule has 4 aromatic rings. The van der Waals surface area contributed by atoms with Crippen LogP contribution in [0.5, 0.6) is 0 Å². The van der Waals surface area contributed by atoms with E-state index < -0.39 is 17.4 Å². The predicted octanol–water partition coefficient (Wildman–Crippen LogP) is 4.60. The Bertz CT molecular complexity index is 1840. The van der Waals surface area contributed by atoms with Crippen LogP contribution >= 0.6 is 0 Å². The Labute approximate surface area is 267 Å². The number of hydrogen-bond donors (Lipinski definition) is 4. The Morgan fingerprint density at radius 2 is 1.89 bits per heavy atom. The largest absolute Gasteiger partial charge is 0.394 e. The summed E-state index contributed by atoms with van der Waals surface area (Å²) in [5, 5.41) is 25.9. The number of fused-ring (bicyclic) bond motifs is 3. The number of aromatic nitrogens is 1. The van der Waals surface area contributed by atoms with Gasteiger partial charge in [-0.05, 0) is 47.4 Å². The molecule has 9 heteroatoms. The van der Waals surface area contributed by atoms with Crippen molar-refractivity contribution in [2.24, 2.45) is 5.92 Å². The molecule has 0 spiro atoms. The number of hydrogen-bond acceptors (Lipinski definition) is 5. The van der Waals surface area contributed by atoms with Crippen LogP contribution in [0.2, 0.25) is 0 Å². The van der Waals surface area contributed by atoms with E-state index in [-0.39, 0.29) is 43.8 Å². The Kier molecular flexibility index (Phi) is 8.62. The molecule has 0 bridgehead atoms. The summed E-state index contributed by atoms with van der Waals surface area (Å²) in [4.78, 5) is 46.4. The molecule has 2 aliphatic rings. The Morgan fingerprint density at radius 1 is 1.13 bits per heavy atom. The fraction of sp³-hybridized carbons (Fsp3) is 0.270. The molecule has 3 aromatic carbocycles. The molecule has 3 atom stereocenters. The van der Waals surface area contributed by atoms with Crippen LogP contribution in [-0.2, 0) is 39.4 Å². The molecule has 0 saturated heterocycles. The number of H-pyrrole nitrogens is 1. The summed E-state index contributed by atoms with van der Waals surface area (Å²) >= 11 is 0. The molecule has 9 nitrogen and oxygen atoms in total. The van der Waals surface area contributed by atoms with E-state index in [9.17, 15) is 24.6 Å². The van der Waals surface area contributed by atoms with E-state index in [1.165, 1.54) is 4.90 Å². The minimum absolute atomic E-state index is 0.0560. The van der Waals surface area contributed by atoms with Gasteiger partial charge < -0.3 is 30.3 Å². The minimum atomic E-state index is -1.92. The number of aromatic amines is 1. The van der Waals surface area contributed by atoms with Crippen LogP contribution in [0.25, 0.3) is 10.9 Å². The Balaban J connectivity index is 1.19. The minimum Gasteiger partial charge on any atom is -0.394 e.